The molecule has 1 heterocycles. The van der Waals surface area contributed by atoms with E-state index >= 15 is 0 Å². The molecular formula is C32H26BrClN4O4. The Bertz CT molecular complexity index is 1820. The highest BCUT2D eigenvalue weighted by atomic mass is 79.9. The summed E-state index contributed by atoms with van der Waals surface area (Å²) in [4.78, 5) is 31.5. The number of aromatic nitrogens is 1. The van der Waals surface area contributed by atoms with Gasteiger partial charge >= 0.3 is 5.97 Å². The topological polar surface area (TPSA) is 96.0 Å². The van der Waals surface area contributed by atoms with Crippen molar-refractivity contribution in [3.05, 3.63) is 111 Å². The summed E-state index contributed by atoms with van der Waals surface area (Å²) in [5.41, 5.74) is 6.89. The molecule has 0 fully saturated rings. The molecule has 5 rings (SSSR count). The molecule has 0 aliphatic heterocycles. The number of carbonyl (C=O) groups is 2. The van der Waals surface area contributed by atoms with Crippen LogP contribution in [0.4, 0.5) is 5.69 Å². The molecule has 42 heavy (non-hydrogen) atoms. The normalized spacial score (nSPS) is 11.1. The average Bonchev–Trinajstić information content (AvgIpc) is 3.37. The second-order valence-electron chi connectivity index (χ2n) is 9.48. The van der Waals surface area contributed by atoms with E-state index in [0.717, 1.165) is 26.6 Å². The molecule has 0 bridgehead atoms. The lowest BCUT2D eigenvalue weighted by Gasteiger charge is -2.13. The Hall–Kier alpha value is -4.60. The number of H-pyrrole nitrogens is 1. The SMILES string of the molecule is COc1ccc(C(=O)Oc2ccc(Br)cc2C=NNC(=O)c2[nH]c3ccc(N(C)C)cc3c2-c2ccccc2Cl)cc1. The van der Waals surface area contributed by atoms with Crippen LogP contribution in [0.15, 0.2) is 94.5 Å². The highest BCUT2D eigenvalue weighted by Gasteiger charge is 2.21. The number of rotatable bonds is 8. The van der Waals surface area contributed by atoms with Crippen LogP contribution in [0.5, 0.6) is 11.5 Å². The lowest BCUT2D eigenvalue weighted by Crippen LogP contribution is -2.19. The van der Waals surface area contributed by atoms with Gasteiger partial charge in [0.2, 0.25) is 0 Å². The first-order chi connectivity index (χ1) is 20.2. The first-order valence-corrected chi connectivity index (χ1v) is 14.0. The highest BCUT2D eigenvalue weighted by Crippen LogP contribution is 2.38. The minimum Gasteiger partial charge on any atom is -0.497 e. The van der Waals surface area contributed by atoms with Gasteiger partial charge in [0.25, 0.3) is 5.91 Å². The number of anilines is 1. The average molecular weight is 646 g/mol. The molecule has 0 spiro atoms. The fourth-order valence-electron chi connectivity index (χ4n) is 4.39. The molecule has 0 aliphatic carbocycles. The molecule has 0 saturated carbocycles. The molecule has 1 amide bonds. The van der Waals surface area contributed by atoms with E-state index in [-0.39, 0.29) is 5.75 Å². The molecule has 0 radical (unpaired) electrons. The number of nitrogens with one attached hydrogen (secondary N) is 2. The molecule has 4 aromatic carbocycles. The Kier molecular flexibility index (Phi) is 8.61. The minimum absolute atomic E-state index is 0.274. The molecule has 10 heteroatoms. The van der Waals surface area contributed by atoms with E-state index in [9.17, 15) is 9.59 Å². The number of esters is 1. The molecule has 5 aromatic rings. The maximum absolute atomic E-state index is 13.5. The Morgan fingerprint density at radius 3 is 2.48 bits per heavy atom. The Morgan fingerprint density at radius 2 is 1.76 bits per heavy atom. The number of halogens is 2. The van der Waals surface area contributed by atoms with Crippen molar-refractivity contribution in [2.75, 3.05) is 26.1 Å². The van der Waals surface area contributed by atoms with Gasteiger partial charge in [0.15, 0.2) is 0 Å². The number of benzene rings is 4. The molecule has 212 valence electrons. The molecular weight excluding hydrogens is 620 g/mol. The quantitative estimate of drug-likeness (QED) is 0.0799. The van der Waals surface area contributed by atoms with E-state index in [2.05, 4.69) is 31.4 Å². The molecule has 0 aliphatic rings. The van der Waals surface area contributed by atoms with Crippen LogP contribution in [0, 0.1) is 0 Å². The zero-order valence-corrected chi connectivity index (χ0v) is 25.3. The summed E-state index contributed by atoms with van der Waals surface area (Å²) < 4.78 is 11.5. The molecule has 2 N–H and O–H groups in total. The van der Waals surface area contributed by atoms with Crippen LogP contribution in [-0.2, 0) is 0 Å². The smallest absolute Gasteiger partial charge is 0.343 e. The minimum atomic E-state index is -0.543. The van der Waals surface area contributed by atoms with Crippen molar-refractivity contribution < 1.29 is 19.1 Å². The second kappa shape index (κ2) is 12.5. The maximum Gasteiger partial charge on any atom is 0.343 e. The molecule has 0 atom stereocenters. The van der Waals surface area contributed by atoms with Gasteiger partial charge in [-0.15, -0.1) is 0 Å². The first-order valence-electron chi connectivity index (χ1n) is 12.8. The Labute approximate surface area is 256 Å². The van der Waals surface area contributed by atoms with E-state index in [4.69, 9.17) is 21.1 Å². The summed E-state index contributed by atoms with van der Waals surface area (Å²) in [6, 6.07) is 25.0. The van der Waals surface area contributed by atoms with Gasteiger partial charge in [0.05, 0.1) is 18.9 Å². The lowest BCUT2D eigenvalue weighted by atomic mass is 10.0. The number of nitrogens with zero attached hydrogens (tertiary/aromatic N) is 2. The van der Waals surface area contributed by atoms with E-state index in [0.29, 0.717) is 33.2 Å². The van der Waals surface area contributed by atoms with Crippen molar-refractivity contribution in [3.8, 4) is 22.6 Å². The number of hydrogen-bond acceptors (Lipinski definition) is 6. The number of aromatic amines is 1. The van der Waals surface area contributed by atoms with Crippen LogP contribution in [0.25, 0.3) is 22.0 Å². The predicted octanol–water partition coefficient (Wildman–Crippen LogP) is 7.31. The number of ether oxygens (including phenoxy) is 2. The van der Waals surface area contributed by atoms with Gasteiger partial charge < -0.3 is 19.4 Å². The fraction of sp³-hybridized carbons (Fsp3) is 0.0938. The van der Waals surface area contributed by atoms with E-state index in [1.54, 1.807) is 55.6 Å². The van der Waals surface area contributed by atoms with Crippen LogP contribution < -0.4 is 19.8 Å². The second-order valence-corrected chi connectivity index (χ2v) is 10.8. The number of hydrogen-bond donors (Lipinski definition) is 2. The van der Waals surface area contributed by atoms with Gasteiger partial charge in [-0.2, -0.15) is 5.10 Å². The monoisotopic (exact) mass is 644 g/mol. The molecule has 8 nitrogen and oxygen atoms in total. The number of amides is 1. The summed E-state index contributed by atoms with van der Waals surface area (Å²) in [7, 11) is 5.46. The van der Waals surface area contributed by atoms with Gasteiger partial charge in [0, 0.05) is 56.9 Å². The zero-order chi connectivity index (χ0) is 29.8. The van der Waals surface area contributed by atoms with Crippen LogP contribution in [0.3, 0.4) is 0 Å². The van der Waals surface area contributed by atoms with E-state index in [1.807, 2.05) is 55.4 Å². The summed E-state index contributed by atoms with van der Waals surface area (Å²) in [6.45, 7) is 0. The summed E-state index contributed by atoms with van der Waals surface area (Å²) in [6.07, 6.45) is 1.42. The van der Waals surface area contributed by atoms with Crippen molar-refractivity contribution >= 4 is 62.2 Å². The number of hydrazone groups is 1. The van der Waals surface area contributed by atoms with Crippen molar-refractivity contribution in [2.24, 2.45) is 5.10 Å². The largest absolute Gasteiger partial charge is 0.497 e. The molecule has 0 saturated heterocycles. The standard InChI is InChI=1S/C32H26BrClN4O4/c1-38(2)22-11-14-27-25(17-22)29(24-6-4-5-7-26(24)34)30(36-27)31(39)37-35-18-20-16-21(33)10-15-28(20)42-32(40)19-8-12-23(41-3)13-9-19/h4-18,36H,1-3H3,(H,37,39). The third-order valence-electron chi connectivity index (χ3n) is 6.54. The molecule has 0 unspecified atom stereocenters. The first kappa shape index (κ1) is 28.9. The van der Waals surface area contributed by atoms with Crippen molar-refractivity contribution in [2.45, 2.75) is 0 Å². The maximum atomic E-state index is 13.5. The van der Waals surface area contributed by atoms with Gasteiger partial charge in [0.1, 0.15) is 17.2 Å². The predicted molar refractivity (Wildman–Crippen MR) is 170 cm³/mol. The van der Waals surface area contributed by atoms with Gasteiger partial charge in [-0.05, 0) is 66.7 Å². The summed E-state index contributed by atoms with van der Waals surface area (Å²) >= 11 is 10.0. The van der Waals surface area contributed by atoms with Crippen molar-refractivity contribution in [1.82, 2.24) is 10.4 Å². The van der Waals surface area contributed by atoms with Crippen molar-refractivity contribution in [1.29, 1.82) is 0 Å². The third kappa shape index (κ3) is 6.17. The number of carbonyl (C=O) groups excluding carboxylic acids is 2. The number of fused-ring (bicyclic) bond motifs is 1. The van der Waals surface area contributed by atoms with Crippen LogP contribution in [0.2, 0.25) is 5.02 Å². The van der Waals surface area contributed by atoms with Crippen molar-refractivity contribution in [3.63, 3.8) is 0 Å². The number of methoxy groups -OCH3 is 1. The highest BCUT2D eigenvalue weighted by molar-refractivity contribution is 9.10. The zero-order valence-electron chi connectivity index (χ0n) is 22.9. The van der Waals surface area contributed by atoms with Crippen LogP contribution >= 0.6 is 27.5 Å². The summed E-state index contributed by atoms with van der Waals surface area (Å²) in [5, 5.41) is 5.55. The van der Waals surface area contributed by atoms with Crippen LogP contribution in [0.1, 0.15) is 26.4 Å². The van der Waals surface area contributed by atoms with Gasteiger partial charge in [-0.1, -0.05) is 45.7 Å². The third-order valence-corrected chi connectivity index (χ3v) is 7.36. The fourth-order valence-corrected chi connectivity index (χ4v) is 5.00. The van der Waals surface area contributed by atoms with Crippen LogP contribution in [-0.4, -0.2) is 44.3 Å². The van der Waals surface area contributed by atoms with Gasteiger partial charge in [-0.3, -0.25) is 4.79 Å². The van der Waals surface area contributed by atoms with E-state index < -0.39 is 11.9 Å². The Balaban J connectivity index is 1.43. The summed E-state index contributed by atoms with van der Waals surface area (Å²) in [5.74, 6) is -0.103. The lowest BCUT2D eigenvalue weighted by molar-refractivity contribution is 0.0734. The van der Waals surface area contributed by atoms with Gasteiger partial charge in [-0.25, -0.2) is 10.2 Å². The Morgan fingerprint density at radius 1 is 1.00 bits per heavy atom. The molecule has 1 aromatic heterocycles. The van der Waals surface area contributed by atoms with E-state index in [1.165, 1.54) is 6.21 Å².